The van der Waals surface area contributed by atoms with Gasteiger partial charge >= 0.3 is 0 Å². The molecule has 0 spiro atoms. The molecule has 1 heterocycles. The van der Waals surface area contributed by atoms with Crippen molar-refractivity contribution in [2.45, 2.75) is 18.9 Å². The van der Waals surface area contributed by atoms with Crippen LogP contribution < -0.4 is 29.2 Å². The molecular formula is C22H29N2O5+. The van der Waals surface area contributed by atoms with Crippen LogP contribution in [-0.2, 0) is 4.79 Å². The zero-order valence-corrected chi connectivity index (χ0v) is 17.4. The summed E-state index contributed by atoms with van der Waals surface area (Å²) in [6.07, 6.45) is 2.07. The Kier molecular flexibility index (Phi) is 6.82. The molecule has 0 saturated carbocycles. The fourth-order valence-electron chi connectivity index (χ4n) is 3.92. The molecule has 7 nitrogen and oxygen atoms in total. The number of carbonyl (C=O) groups is 1. The maximum atomic E-state index is 12.8. The molecule has 156 valence electrons. The maximum absolute atomic E-state index is 12.8. The quantitative estimate of drug-likeness (QED) is 0.709. The molecule has 3 rings (SSSR count). The standard InChI is InChI=1S/C22H28N2O5/c1-26-15-8-10-20(28-3)18(12-15)23-22(25)14-24-11-5-6-19(24)17-9-7-16(27-2)13-21(17)29-4/h7-10,12-13,19H,5-6,11,14H2,1-4H3,(H,23,25)/p+1/t19-/m1/s1. The molecule has 29 heavy (non-hydrogen) atoms. The van der Waals surface area contributed by atoms with E-state index in [1.54, 1.807) is 46.6 Å². The third-order valence-electron chi connectivity index (χ3n) is 5.37. The highest BCUT2D eigenvalue weighted by atomic mass is 16.5. The SMILES string of the molecule is COc1ccc(OC)c(NC(=O)C[NH+]2CCC[C@@H]2c2ccc(OC)cc2OC)c1. The first-order chi connectivity index (χ1) is 14.1. The zero-order chi connectivity index (χ0) is 20.8. The molecule has 0 aromatic heterocycles. The highest BCUT2D eigenvalue weighted by Gasteiger charge is 2.33. The van der Waals surface area contributed by atoms with Crippen LogP contribution in [0.4, 0.5) is 5.69 Å². The second kappa shape index (κ2) is 9.52. The van der Waals surface area contributed by atoms with Crippen LogP contribution in [-0.4, -0.2) is 47.4 Å². The number of amides is 1. The van der Waals surface area contributed by atoms with Crippen LogP contribution in [0, 0.1) is 0 Å². The lowest BCUT2D eigenvalue weighted by atomic mass is 10.0. The molecule has 2 aromatic rings. The van der Waals surface area contributed by atoms with Crippen molar-refractivity contribution in [1.29, 1.82) is 0 Å². The summed E-state index contributed by atoms with van der Waals surface area (Å²) in [5, 5.41) is 2.97. The Morgan fingerprint density at radius 1 is 0.966 bits per heavy atom. The van der Waals surface area contributed by atoms with Crippen LogP contribution in [0.1, 0.15) is 24.4 Å². The van der Waals surface area contributed by atoms with Gasteiger partial charge in [0, 0.05) is 25.0 Å². The minimum absolute atomic E-state index is 0.0640. The number of hydrogen-bond donors (Lipinski definition) is 2. The van der Waals surface area contributed by atoms with Crippen molar-refractivity contribution in [3.05, 3.63) is 42.0 Å². The van der Waals surface area contributed by atoms with Gasteiger partial charge < -0.3 is 29.2 Å². The van der Waals surface area contributed by atoms with Crippen LogP contribution >= 0.6 is 0 Å². The Balaban J connectivity index is 1.74. The van der Waals surface area contributed by atoms with Gasteiger partial charge in [-0.05, 0) is 24.3 Å². The monoisotopic (exact) mass is 401 g/mol. The number of ether oxygens (including phenoxy) is 4. The van der Waals surface area contributed by atoms with E-state index in [2.05, 4.69) is 5.32 Å². The number of anilines is 1. The van der Waals surface area contributed by atoms with Crippen molar-refractivity contribution < 1.29 is 28.6 Å². The van der Waals surface area contributed by atoms with E-state index in [0.29, 0.717) is 23.7 Å². The van der Waals surface area contributed by atoms with Crippen molar-refractivity contribution in [1.82, 2.24) is 0 Å². The highest BCUT2D eigenvalue weighted by molar-refractivity contribution is 5.93. The van der Waals surface area contributed by atoms with Crippen molar-refractivity contribution in [3.63, 3.8) is 0 Å². The summed E-state index contributed by atoms with van der Waals surface area (Å²) in [5.41, 5.74) is 1.71. The third-order valence-corrected chi connectivity index (χ3v) is 5.37. The van der Waals surface area contributed by atoms with Crippen LogP contribution in [0.15, 0.2) is 36.4 Å². The molecule has 0 radical (unpaired) electrons. The molecule has 1 aliphatic rings. The fourth-order valence-corrected chi connectivity index (χ4v) is 3.92. The number of methoxy groups -OCH3 is 4. The minimum atomic E-state index is -0.0640. The summed E-state index contributed by atoms with van der Waals surface area (Å²) in [4.78, 5) is 14.0. The molecular weight excluding hydrogens is 372 g/mol. The van der Waals surface area contributed by atoms with Crippen LogP contribution in [0.5, 0.6) is 23.0 Å². The third kappa shape index (κ3) is 4.74. The van der Waals surface area contributed by atoms with E-state index in [1.807, 2.05) is 18.2 Å². The lowest BCUT2D eigenvalue weighted by molar-refractivity contribution is -0.910. The fraction of sp³-hybridized carbons (Fsp3) is 0.409. The first-order valence-electron chi connectivity index (χ1n) is 9.68. The van der Waals surface area contributed by atoms with E-state index in [9.17, 15) is 4.79 Å². The van der Waals surface area contributed by atoms with E-state index >= 15 is 0 Å². The number of quaternary nitrogens is 1. The summed E-state index contributed by atoms with van der Waals surface area (Å²) in [6, 6.07) is 11.4. The van der Waals surface area contributed by atoms with Crippen molar-refractivity contribution in [2.75, 3.05) is 46.8 Å². The topological polar surface area (TPSA) is 70.5 Å². The van der Waals surface area contributed by atoms with Gasteiger partial charge in [0.05, 0.1) is 46.2 Å². The second-order valence-electron chi connectivity index (χ2n) is 7.00. The summed E-state index contributed by atoms with van der Waals surface area (Å²) >= 11 is 0. The first kappa shape index (κ1) is 20.8. The summed E-state index contributed by atoms with van der Waals surface area (Å²) in [6.45, 7) is 1.29. The lowest BCUT2D eigenvalue weighted by Gasteiger charge is -2.23. The van der Waals surface area contributed by atoms with Crippen molar-refractivity contribution in [2.24, 2.45) is 0 Å². The van der Waals surface area contributed by atoms with Gasteiger partial charge in [-0.15, -0.1) is 0 Å². The van der Waals surface area contributed by atoms with Gasteiger partial charge in [0.25, 0.3) is 5.91 Å². The number of benzene rings is 2. The van der Waals surface area contributed by atoms with Gasteiger partial charge in [0.2, 0.25) is 0 Å². The Labute approximate surface area is 171 Å². The Hall–Kier alpha value is -2.93. The number of carbonyl (C=O) groups excluding carboxylic acids is 1. The molecule has 0 bridgehead atoms. The van der Waals surface area contributed by atoms with Gasteiger partial charge in [-0.3, -0.25) is 4.79 Å². The molecule has 2 atom stereocenters. The summed E-state index contributed by atoms with van der Waals surface area (Å²) < 4.78 is 21.5. The molecule has 1 unspecified atom stereocenters. The molecule has 7 heteroatoms. The van der Waals surface area contributed by atoms with Crippen LogP contribution in [0.25, 0.3) is 0 Å². The molecule has 0 aliphatic carbocycles. The molecule has 1 amide bonds. The average molecular weight is 401 g/mol. The van der Waals surface area contributed by atoms with E-state index < -0.39 is 0 Å². The average Bonchev–Trinajstić information content (AvgIpc) is 3.20. The van der Waals surface area contributed by atoms with Gasteiger partial charge in [-0.25, -0.2) is 0 Å². The van der Waals surface area contributed by atoms with E-state index in [4.69, 9.17) is 18.9 Å². The summed E-state index contributed by atoms with van der Waals surface area (Å²) in [5.74, 6) is 2.75. The molecule has 2 N–H and O–H groups in total. The summed E-state index contributed by atoms with van der Waals surface area (Å²) in [7, 11) is 6.47. The van der Waals surface area contributed by atoms with E-state index in [1.165, 1.54) is 4.90 Å². The molecule has 1 saturated heterocycles. The Morgan fingerprint density at radius 3 is 2.34 bits per heavy atom. The molecule has 1 aliphatic heterocycles. The predicted molar refractivity (Wildman–Crippen MR) is 110 cm³/mol. The minimum Gasteiger partial charge on any atom is -0.497 e. The second-order valence-corrected chi connectivity index (χ2v) is 7.00. The predicted octanol–water partition coefficient (Wildman–Crippen LogP) is 2.08. The van der Waals surface area contributed by atoms with E-state index in [0.717, 1.165) is 36.4 Å². The van der Waals surface area contributed by atoms with Crippen LogP contribution in [0.3, 0.4) is 0 Å². The maximum Gasteiger partial charge on any atom is 0.279 e. The first-order valence-corrected chi connectivity index (χ1v) is 9.68. The Bertz CT molecular complexity index is 855. The van der Waals surface area contributed by atoms with Gasteiger partial charge in [-0.1, -0.05) is 0 Å². The van der Waals surface area contributed by atoms with Gasteiger partial charge in [0.1, 0.15) is 29.0 Å². The normalized spacial score (nSPS) is 18.2. The highest BCUT2D eigenvalue weighted by Crippen LogP contribution is 2.32. The molecule has 1 fully saturated rings. The van der Waals surface area contributed by atoms with Gasteiger partial charge in [0.15, 0.2) is 6.54 Å². The number of hydrogen-bond acceptors (Lipinski definition) is 5. The smallest absolute Gasteiger partial charge is 0.279 e. The van der Waals surface area contributed by atoms with Crippen molar-refractivity contribution in [3.8, 4) is 23.0 Å². The Morgan fingerprint density at radius 2 is 1.66 bits per heavy atom. The van der Waals surface area contributed by atoms with Crippen LogP contribution in [0.2, 0.25) is 0 Å². The lowest BCUT2D eigenvalue weighted by Crippen LogP contribution is -3.11. The number of likely N-dealkylation sites (tertiary alicyclic amines) is 1. The zero-order valence-electron chi connectivity index (χ0n) is 17.4. The molecule has 2 aromatic carbocycles. The van der Waals surface area contributed by atoms with Crippen molar-refractivity contribution >= 4 is 11.6 Å². The number of rotatable bonds is 8. The largest absolute Gasteiger partial charge is 0.497 e. The van der Waals surface area contributed by atoms with E-state index in [-0.39, 0.29) is 11.9 Å². The number of nitrogens with one attached hydrogen (secondary N) is 2. The van der Waals surface area contributed by atoms with Gasteiger partial charge in [-0.2, -0.15) is 0 Å².